The van der Waals surface area contributed by atoms with Gasteiger partial charge < -0.3 is 15.3 Å². The Kier molecular flexibility index (Phi) is 4.13. The third-order valence-electron chi connectivity index (χ3n) is 3.77. The molecule has 0 atom stereocenters. The zero-order valence-corrected chi connectivity index (χ0v) is 12.1. The van der Waals surface area contributed by atoms with E-state index in [0.717, 1.165) is 0 Å². The molecule has 1 aromatic rings. The first kappa shape index (κ1) is 15.6. The van der Waals surface area contributed by atoms with Gasteiger partial charge in [0.2, 0.25) is 0 Å². The first-order valence-electron chi connectivity index (χ1n) is 6.77. The Hall–Kier alpha value is -1.76. The van der Waals surface area contributed by atoms with Gasteiger partial charge in [0.25, 0.3) is 5.91 Å². The molecule has 0 radical (unpaired) electrons. The summed E-state index contributed by atoms with van der Waals surface area (Å²) < 4.78 is 27.7. The molecule has 0 aromatic carbocycles. The monoisotopic (exact) mass is 299 g/mol. The Labute approximate surface area is 122 Å². The molecule has 0 aliphatic heterocycles. The number of hydrogen-bond donors (Lipinski definition) is 2. The van der Waals surface area contributed by atoms with Gasteiger partial charge in [-0.05, 0) is 37.0 Å². The molecule has 1 aliphatic rings. The van der Waals surface area contributed by atoms with E-state index >= 15 is 0 Å². The number of hydrogen-bond acceptors (Lipinski definition) is 4. The number of nitrogens with zero attached hydrogens (tertiary/aromatic N) is 2. The largest absolute Gasteiger partial charge is 0.383 e. The molecule has 1 saturated carbocycles. The molecule has 2 N–H and O–H groups in total. The summed E-state index contributed by atoms with van der Waals surface area (Å²) >= 11 is 0. The van der Waals surface area contributed by atoms with Gasteiger partial charge in [-0.15, -0.1) is 0 Å². The second kappa shape index (κ2) is 5.55. The fourth-order valence-electron chi connectivity index (χ4n) is 2.15. The normalized spacial score (nSPS) is 17.0. The maximum Gasteiger partial charge on any atom is 0.352 e. The lowest BCUT2D eigenvalue weighted by atomic mass is 9.75. The smallest absolute Gasteiger partial charge is 0.352 e. The Morgan fingerprint density at radius 2 is 2.19 bits per heavy atom. The average Bonchev–Trinajstić information content (AvgIpc) is 2.42. The molecule has 2 rings (SSSR count). The number of rotatable bonds is 5. The summed E-state index contributed by atoms with van der Waals surface area (Å²) in [5.74, 6) is -4.53. The second-order valence-corrected chi connectivity index (χ2v) is 5.56. The number of aliphatic hydroxyl groups is 1. The summed E-state index contributed by atoms with van der Waals surface area (Å²) in [7, 11) is 3.62. The van der Waals surface area contributed by atoms with E-state index in [1.54, 1.807) is 23.2 Å². The SMILES string of the molecule is CN(C)c1cc(CNC(=O)C(F)(F)C2(O)CCC2)ccn1. The molecule has 116 valence electrons. The predicted molar refractivity (Wildman–Crippen MR) is 74.2 cm³/mol. The van der Waals surface area contributed by atoms with Gasteiger partial charge in [0.1, 0.15) is 11.4 Å². The van der Waals surface area contributed by atoms with Crippen LogP contribution in [-0.4, -0.2) is 41.6 Å². The lowest BCUT2D eigenvalue weighted by Gasteiger charge is -2.41. The van der Waals surface area contributed by atoms with Crippen molar-refractivity contribution < 1.29 is 18.7 Å². The number of aromatic nitrogens is 1. The average molecular weight is 299 g/mol. The Morgan fingerprint density at radius 3 is 2.71 bits per heavy atom. The number of carbonyl (C=O) groups is 1. The van der Waals surface area contributed by atoms with Crippen LogP contribution in [0.15, 0.2) is 18.3 Å². The molecule has 1 fully saturated rings. The van der Waals surface area contributed by atoms with Crippen LogP contribution >= 0.6 is 0 Å². The van der Waals surface area contributed by atoms with E-state index in [9.17, 15) is 18.7 Å². The van der Waals surface area contributed by atoms with Crippen LogP contribution in [0.2, 0.25) is 0 Å². The summed E-state index contributed by atoms with van der Waals surface area (Å²) in [6.45, 7) is -0.0339. The van der Waals surface area contributed by atoms with Gasteiger partial charge in [0, 0.05) is 26.8 Å². The maximum absolute atomic E-state index is 13.9. The van der Waals surface area contributed by atoms with Gasteiger partial charge in [0.15, 0.2) is 0 Å². The van der Waals surface area contributed by atoms with E-state index in [1.165, 1.54) is 0 Å². The Morgan fingerprint density at radius 1 is 1.52 bits per heavy atom. The number of carbonyl (C=O) groups excluding carboxylic acids is 1. The van der Waals surface area contributed by atoms with Crippen LogP contribution in [0.5, 0.6) is 0 Å². The van der Waals surface area contributed by atoms with Crippen molar-refractivity contribution in [2.75, 3.05) is 19.0 Å². The molecule has 1 heterocycles. The molecule has 0 unspecified atom stereocenters. The summed E-state index contributed by atoms with van der Waals surface area (Å²) in [4.78, 5) is 17.5. The van der Waals surface area contributed by atoms with Gasteiger partial charge in [-0.1, -0.05) is 0 Å². The molecule has 0 bridgehead atoms. The molecule has 1 aromatic heterocycles. The minimum absolute atomic E-state index is 0.0339. The molecular weight excluding hydrogens is 280 g/mol. The first-order chi connectivity index (χ1) is 9.76. The zero-order valence-electron chi connectivity index (χ0n) is 12.1. The van der Waals surface area contributed by atoms with Crippen molar-refractivity contribution >= 4 is 11.7 Å². The minimum atomic E-state index is -3.76. The summed E-state index contributed by atoms with van der Waals surface area (Å²) in [6, 6.07) is 3.35. The molecule has 0 saturated heterocycles. The van der Waals surface area contributed by atoms with E-state index in [-0.39, 0.29) is 19.4 Å². The Balaban J connectivity index is 1.99. The van der Waals surface area contributed by atoms with E-state index in [4.69, 9.17) is 0 Å². The number of anilines is 1. The highest BCUT2D eigenvalue weighted by molar-refractivity contribution is 5.85. The highest BCUT2D eigenvalue weighted by Crippen LogP contribution is 2.44. The summed E-state index contributed by atoms with van der Waals surface area (Å²) in [5, 5.41) is 11.9. The predicted octanol–water partition coefficient (Wildman–Crippen LogP) is 1.31. The van der Waals surface area contributed by atoms with Gasteiger partial charge in [-0.3, -0.25) is 4.79 Å². The van der Waals surface area contributed by atoms with E-state index in [0.29, 0.717) is 17.8 Å². The van der Waals surface area contributed by atoms with Crippen molar-refractivity contribution in [1.82, 2.24) is 10.3 Å². The third kappa shape index (κ3) is 2.97. The van der Waals surface area contributed by atoms with Crippen molar-refractivity contribution in [3.8, 4) is 0 Å². The number of alkyl halides is 2. The number of amides is 1. The molecule has 7 heteroatoms. The molecule has 0 spiro atoms. The molecule has 1 aliphatic carbocycles. The van der Waals surface area contributed by atoms with Gasteiger partial charge >= 0.3 is 5.92 Å². The Bertz CT molecular complexity index is 531. The fraction of sp³-hybridized carbons (Fsp3) is 0.571. The summed E-state index contributed by atoms with van der Waals surface area (Å²) in [5.41, 5.74) is -1.53. The van der Waals surface area contributed by atoms with Crippen LogP contribution in [0, 0.1) is 0 Å². The number of nitrogens with one attached hydrogen (secondary N) is 1. The molecule has 1 amide bonds. The van der Waals surface area contributed by atoms with Crippen molar-refractivity contribution in [3.63, 3.8) is 0 Å². The lowest BCUT2D eigenvalue weighted by Crippen LogP contribution is -2.60. The van der Waals surface area contributed by atoms with E-state index in [2.05, 4.69) is 10.3 Å². The van der Waals surface area contributed by atoms with Crippen molar-refractivity contribution in [2.24, 2.45) is 0 Å². The zero-order chi connectivity index (χ0) is 15.7. The maximum atomic E-state index is 13.9. The fourth-order valence-corrected chi connectivity index (χ4v) is 2.15. The van der Waals surface area contributed by atoms with Gasteiger partial charge in [-0.2, -0.15) is 8.78 Å². The summed E-state index contributed by atoms with van der Waals surface area (Å²) in [6.07, 6.45) is 1.96. The third-order valence-corrected chi connectivity index (χ3v) is 3.77. The van der Waals surface area contributed by atoms with Crippen molar-refractivity contribution in [3.05, 3.63) is 23.9 Å². The highest BCUT2D eigenvalue weighted by atomic mass is 19.3. The number of halogens is 2. The standard InChI is InChI=1S/C14H19F2N3O2/c1-19(2)11-8-10(4-7-17-11)9-18-12(20)14(15,16)13(21)5-3-6-13/h4,7-8,21H,3,5-6,9H2,1-2H3,(H,18,20). The molecule has 21 heavy (non-hydrogen) atoms. The quantitative estimate of drug-likeness (QED) is 0.860. The van der Waals surface area contributed by atoms with Crippen molar-refractivity contribution in [2.45, 2.75) is 37.3 Å². The minimum Gasteiger partial charge on any atom is -0.383 e. The van der Waals surface area contributed by atoms with E-state index in [1.807, 2.05) is 14.1 Å². The van der Waals surface area contributed by atoms with Crippen LogP contribution in [0.3, 0.4) is 0 Å². The van der Waals surface area contributed by atoms with Crippen LogP contribution < -0.4 is 10.2 Å². The molecular formula is C14H19F2N3O2. The van der Waals surface area contributed by atoms with Crippen molar-refractivity contribution in [1.29, 1.82) is 0 Å². The van der Waals surface area contributed by atoms with Crippen LogP contribution in [0.4, 0.5) is 14.6 Å². The topological polar surface area (TPSA) is 65.5 Å². The molecule has 5 nitrogen and oxygen atoms in total. The first-order valence-corrected chi connectivity index (χ1v) is 6.77. The second-order valence-electron chi connectivity index (χ2n) is 5.56. The van der Waals surface area contributed by atoms with Crippen LogP contribution in [-0.2, 0) is 11.3 Å². The lowest BCUT2D eigenvalue weighted by molar-refractivity contribution is -0.216. The van der Waals surface area contributed by atoms with Gasteiger partial charge in [-0.25, -0.2) is 4.98 Å². The van der Waals surface area contributed by atoms with Crippen LogP contribution in [0.25, 0.3) is 0 Å². The number of pyridine rings is 1. The highest BCUT2D eigenvalue weighted by Gasteiger charge is 2.61. The van der Waals surface area contributed by atoms with Crippen LogP contribution in [0.1, 0.15) is 24.8 Å². The van der Waals surface area contributed by atoms with Gasteiger partial charge in [0.05, 0.1) is 0 Å². The van der Waals surface area contributed by atoms with E-state index < -0.39 is 17.4 Å².